The predicted octanol–water partition coefficient (Wildman–Crippen LogP) is 5.49. The molecule has 0 bridgehead atoms. The monoisotopic (exact) mass is 569 g/mol. The van der Waals surface area contributed by atoms with E-state index in [1.807, 2.05) is 39.8 Å². The van der Waals surface area contributed by atoms with Gasteiger partial charge in [0, 0.05) is 35.6 Å². The van der Waals surface area contributed by atoms with Gasteiger partial charge in [-0.1, -0.05) is 42.3 Å². The van der Waals surface area contributed by atoms with Gasteiger partial charge in [-0.05, 0) is 81.5 Å². The number of benzene rings is 2. The Labute approximate surface area is 231 Å². The van der Waals surface area contributed by atoms with E-state index >= 15 is 0 Å². The number of hydrogen-bond donors (Lipinski definition) is 1. The molecule has 0 saturated carbocycles. The van der Waals surface area contributed by atoms with Crippen molar-refractivity contribution in [2.75, 3.05) is 17.1 Å². The normalized spacial score (nSPS) is 13.1. The summed E-state index contributed by atoms with van der Waals surface area (Å²) in [6.45, 7) is 9.69. The molecule has 0 saturated heterocycles. The van der Waals surface area contributed by atoms with Gasteiger partial charge >= 0.3 is 0 Å². The fraction of sp³-hybridized carbons (Fsp3) is 0.481. The number of aryl methyl sites for hydroxylation is 2. The van der Waals surface area contributed by atoms with Crippen LogP contribution in [0.15, 0.2) is 36.4 Å². The van der Waals surface area contributed by atoms with Crippen LogP contribution in [-0.4, -0.2) is 50.0 Å². The molecule has 10 heteroatoms. The molecule has 0 heterocycles. The molecule has 2 rings (SSSR count). The van der Waals surface area contributed by atoms with Gasteiger partial charge in [-0.25, -0.2) is 8.42 Å². The Morgan fingerprint density at radius 3 is 2.27 bits per heavy atom. The summed E-state index contributed by atoms with van der Waals surface area (Å²) in [5.74, 6) is -0.535. The zero-order valence-corrected chi connectivity index (χ0v) is 24.7. The highest BCUT2D eigenvalue weighted by Crippen LogP contribution is 2.25. The fourth-order valence-electron chi connectivity index (χ4n) is 3.77. The van der Waals surface area contributed by atoms with Crippen molar-refractivity contribution in [3.63, 3.8) is 0 Å². The van der Waals surface area contributed by atoms with E-state index in [0.717, 1.165) is 23.8 Å². The molecule has 0 aromatic heterocycles. The van der Waals surface area contributed by atoms with E-state index in [1.54, 1.807) is 31.2 Å². The number of anilines is 1. The van der Waals surface area contributed by atoms with Crippen molar-refractivity contribution in [3.05, 3.63) is 63.1 Å². The molecule has 204 valence electrons. The maximum absolute atomic E-state index is 13.4. The average Bonchev–Trinajstić information content (AvgIpc) is 2.81. The summed E-state index contributed by atoms with van der Waals surface area (Å²) in [5.41, 5.74) is 3.27. The number of halogens is 2. The fourth-order valence-corrected chi connectivity index (χ4v) is 5.19. The third-order valence-electron chi connectivity index (χ3n) is 6.45. The summed E-state index contributed by atoms with van der Waals surface area (Å²) < 4.78 is 26.4. The van der Waals surface area contributed by atoms with E-state index in [4.69, 9.17) is 23.2 Å². The molecule has 1 N–H and O–H groups in total. The minimum absolute atomic E-state index is 0.0349. The number of carbonyl (C=O) groups excluding carboxylic acids is 2. The minimum Gasteiger partial charge on any atom is -0.352 e. The molecule has 0 radical (unpaired) electrons. The lowest BCUT2D eigenvalue weighted by Crippen LogP contribution is -2.49. The standard InChI is InChI=1S/C27H37Cl2N3O4S/c1-7-20(4)30-27(34)21(5)31(17-22-11-12-23(28)16-25(22)29)26(33)9-8-14-32(37(6,35)36)24-13-10-18(2)19(3)15-24/h10-13,15-16,20-21H,7-9,14,17H2,1-6H3,(H,30,34)/t20-,21+/m0/s1. The van der Waals surface area contributed by atoms with Crippen molar-refractivity contribution in [3.8, 4) is 0 Å². The van der Waals surface area contributed by atoms with Gasteiger partial charge in [-0.2, -0.15) is 0 Å². The Morgan fingerprint density at radius 1 is 1.03 bits per heavy atom. The van der Waals surface area contributed by atoms with Crippen LogP contribution in [0.3, 0.4) is 0 Å². The van der Waals surface area contributed by atoms with E-state index in [-0.39, 0.29) is 43.8 Å². The summed E-state index contributed by atoms with van der Waals surface area (Å²) >= 11 is 12.4. The Morgan fingerprint density at radius 2 is 1.70 bits per heavy atom. The van der Waals surface area contributed by atoms with Crippen molar-refractivity contribution in [1.29, 1.82) is 0 Å². The first-order valence-electron chi connectivity index (χ1n) is 12.3. The van der Waals surface area contributed by atoms with E-state index in [9.17, 15) is 18.0 Å². The molecular formula is C27H37Cl2N3O4S. The molecule has 0 aliphatic rings. The third-order valence-corrected chi connectivity index (χ3v) is 8.24. The van der Waals surface area contributed by atoms with E-state index in [2.05, 4.69) is 5.32 Å². The van der Waals surface area contributed by atoms with Gasteiger partial charge < -0.3 is 10.2 Å². The second-order valence-corrected chi connectivity index (χ2v) is 12.2. The molecule has 2 aromatic rings. The zero-order valence-electron chi connectivity index (χ0n) is 22.3. The van der Waals surface area contributed by atoms with Crippen LogP contribution >= 0.6 is 23.2 Å². The lowest BCUT2D eigenvalue weighted by molar-refractivity contribution is -0.140. The lowest BCUT2D eigenvalue weighted by Gasteiger charge is -2.30. The molecule has 0 unspecified atom stereocenters. The first kappa shape index (κ1) is 30.9. The van der Waals surface area contributed by atoms with Crippen LogP contribution in [0.2, 0.25) is 10.0 Å². The second-order valence-electron chi connectivity index (χ2n) is 9.46. The van der Waals surface area contributed by atoms with Crippen LogP contribution in [0.4, 0.5) is 5.69 Å². The summed E-state index contributed by atoms with van der Waals surface area (Å²) in [4.78, 5) is 27.8. The first-order valence-corrected chi connectivity index (χ1v) is 14.9. The van der Waals surface area contributed by atoms with Crippen LogP contribution in [-0.2, 0) is 26.2 Å². The van der Waals surface area contributed by atoms with Gasteiger partial charge in [0.05, 0.1) is 11.9 Å². The average molecular weight is 571 g/mol. The van der Waals surface area contributed by atoms with Crippen LogP contribution < -0.4 is 9.62 Å². The smallest absolute Gasteiger partial charge is 0.242 e. The molecule has 37 heavy (non-hydrogen) atoms. The van der Waals surface area contributed by atoms with Crippen LogP contribution in [0.1, 0.15) is 56.7 Å². The van der Waals surface area contributed by atoms with Crippen LogP contribution in [0.25, 0.3) is 0 Å². The number of sulfonamides is 1. The molecule has 2 aromatic carbocycles. The van der Waals surface area contributed by atoms with Crippen LogP contribution in [0, 0.1) is 13.8 Å². The molecule has 7 nitrogen and oxygen atoms in total. The van der Waals surface area contributed by atoms with Gasteiger partial charge in [0.1, 0.15) is 6.04 Å². The first-order chi connectivity index (χ1) is 17.2. The number of nitrogens with zero attached hydrogens (tertiary/aromatic N) is 2. The Bertz CT molecular complexity index is 1220. The molecule has 0 spiro atoms. The Kier molecular flexibility index (Phi) is 11.3. The summed E-state index contributed by atoms with van der Waals surface area (Å²) in [6, 6.07) is 9.70. The molecule has 2 amide bonds. The quantitative estimate of drug-likeness (QED) is 0.366. The molecule has 0 fully saturated rings. The zero-order chi connectivity index (χ0) is 27.9. The number of hydrogen-bond acceptors (Lipinski definition) is 4. The number of amides is 2. The van der Waals surface area contributed by atoms with E-state index in [1.165, 1.54) is 9.21 Å². The van der Waals surface area contributed by atoms with Crippen molar-refractivity contribution >= 4 is 50.7 Å². The maximum Gasteiger partial charge on any atom is 0.242 e. The second kappa shape index (κ2) is 13.5. The molecule has 0 aliphatic heterocycles. The number of nitrogens with one attached hydrogen (secondary N) is 1. The largest absolute Gasteiger partial charge is 0.352 e. The number of carbonyl (C=O) groups is 2. The van der Waals surface area contributed by atoms with E-state index in [0.29, 0.717) is 21.3 Å². The van der Waals surface area contributed by atoms with Gasteiger partial charge in [-0.15, -0.1) is 0 Å². The SMILES string of the molecule is CC[C@H](C)NC(=O)[C@@H](C)N(Cc1ccc(Cl)cc1Cl)C(=O)CCCN(c1ccc(C)c(C)c1)S(C)(=O)=O. The Hall–Kier alpha value is -2.29. The summed E-state index contributed by atoms with van der Waals surface area (Å²) in [7, 11) is -3.56. The molecular weight excluding hydrogens is 533 g/mol. The van der Waals surface area contributed by atoms with Crippen molar-refractivity contribution in [2.24, 2.45) is 0 Å². The summed E-state index contributed by atoms with van der Waals surface area (Å²) in [6.07, 6.45) is 2.25. The minimum atomic E-state index is -3.56. The summed E-state index contributed by atoms with van der Waals surface area (Å²) in [5, 5.41) is 3.80. The predicted molar refractivity (Wildman–Crippen MR) is 152 cm³/mol. The van der Waals surface area contributed by atoms with E-state index < -0.39 is 16.1 Å². The maximum atomic E-state index is 13.4. The van der Waals surface area contributed by atoms with Crippen LogP contribution in [0.5, 0.6) is 0 Å². The van der Waals surface area contributed by atoms with Gasteiger partial charge in [0.25, 0.3) is 0 Å². The highest BCUT2D eigenvalue weighted by molar-refractivity contribution is 7.92. The molecule has 2 atom stereocenters. The number of rotatable bonds is 12. The molecule has 0 aliphatic carbocycles. The van der Waals surface area contributed by atoms with Crippen molar-refractivity contribution < 1.29 is 18.0 Å². The third kappa shape index (κ3) is 8.90. The Balaban J connectivity index is 2.23. The highest BCUT2D eigenvalue weighted by atomic mass is 35.5. The van der Waals surface area contributed by atoms with Gasteiger partial charge in [0.15, 0.2) is 0 Å². The van der Waals surface area contributed by atoms with Crippen molar-refractivity contribution in [1.82, 2.24) is 10.2 Å². The highest BCUT2D eigenvalue weighted by Gasteiger charge is 2.28. The van der Waals surface area contributed by atoms with Gasteiger partial charge in [-0.3, -0.25) is 13.9 Å². The lowest BCUT2D eigenvalue weighted by atomic mass is 10.1. The van der Waals surface area contributed by atoms with Crippen molar-refractivity contribution in [2.45, 2.75) is 72.5 Å². The topological polar surface area (TPSA) is 86.8 Å². The van der Waals surface area contributed by atoms with Gasteiger partial charge in [0.2, 0.25) is 21.8 Å².